The first-order valence-electron chi connectivity index (χ1n) is 12.4. The van der Waals surface area contributed by atoms with Crippen LogP contribution in [0.3, 0.4) is 0 Å². The molecule has 0 saturated carbocycles. The minimum Gasteiger partial charge on any atom is -0.381 e. The monoisotopic (exact) mass is 468 g/mol. The smallest absolute Gasteiger partial charge is 0.148 e. The molecule has 2 aliphatic heterocycles. The number of rotatable bonds is 6. The molecule has 0 aliphatic carbocycles. The molecule has 0 amide bonds. The summed E-state index contributed by atoms with van der Waals surface area (Å²) in [6.07, 6.45) is 2.34. The maximum absolute atomic E-state index is 13.6. The second kappa shape index (κ2) is 10.2. The highest BCUT2D eigenvalue weighted by atomic mass is 35.5. The molecule has 2 aromatic carbocycles. The van der Waals surface area contributed by atoms with E-state index >= 15 is 0 Å². The molecule has 33 heavy (non-hydrogen) atoms. The van der Waals surface area contributed by atoms with Gasteiger partial charge >= 0.3 is 0 Å². The lowest BCUT2D eigenvalue weighted by Crippen LogP contribution is -2.36. The lowest BCUT2D eigenvalue weighted by Gasteiger charge is -2.34. The van der Waals surface area contributed by atoms with Gasteiger partial charge in [-0.3, -0.25) is 4.90 Å². The average molecular weight is 469 g/mol. The van der Waals surface area contributed by atoms with Gasteiger partial charge in [-0.1, -0.05) is 29.8 Å². The van der Waals surface area contributed by atoms with Crippen molar-refractivity contribution in [2.45, 2.75) is 32.4 Å². The van der Waals surface area contributed by atoms with Crippen molar-refractivity contribution in [2.24, 2.45) is 5.92 Å². The van der Waals surface area contributed by atoms with E-state index in [1.54, 1.807) is 6.07 Å². The van der Waals surface area contributed by atoms with Crippen molar-refractivity contribution in [3.63, 3.8) is 0 Å². The predicted octanol–water partition coefficient (Wildman–Crippen LogP) is 5.33. The number of hydrogen-bond acceptors (Lipinski definition) is 5. The molecule has 1 N–H and O–H groups in total. The number of benzene rings is 2. The Hall–Kier alpha value is -2.54. The van der Waals surface area contributed by atoms with E-state index < -0.39 is 6.50 Å². The predicted molar refractivity (Wildman–Crippen MR) is 129 cm³/mol. The minimum atomic E-state index is -1.34. The molecular weight excluding hydrogens is 439 g/mol. The van der Waals surface area contributed by atoms with Gasteiger partial charge in [0.1, 0.15) is 11.6 Å². The van der Waals surface area contributed by atoms with Gasteiger partial charge in [0, 0.05) is 47.6 Å². The normalized spacial score (nSPS) is 18.4. The molecule has 5 nitrogen and oxygen atoms in total. The summed E-state index contributed by atoms with van der Waals surface area (Å²) in [6, 6.07) is 14.0. The maximum Gasteiger partial charge on any atom is 0.148 e. The summed E-state index contributed by atoms with van der Waals surface area (Å²) in [5, 5.41) is 12.2. The van der Waals surface area contributed by atoms with E-state index in [1.165, 1.54) is 34.9 Å². The summed E-state index contributed by atoms with van der Waals surface area (Å²) in [7, 11) is 0. The van der Waals surface area contributed by atoms with E-state index in [2.05, 4.69) is 27.6 Å². The fourth-order valence-electron chi connectivity index (χ4n) is 4.50. The largest absolute Gasteiger partial charge is 0.381 e. The third-order valence-electron chi connectivity index (χ3n) is 6.28. The topological polar surface area (TPSA) is 50.3 Å². The minimum absolute atomic E-state index is 0.00598. The molecular formula is C26H28ClFN4O. The maximum atomic E-state index is 13.6. The average Bonchev–Trinajstić information content (AvgIpc) is 2.89. The zero-order valence-electron chi connectivity index (χ0n) is 20.4. The Morgan fingerprint density at radius 2 is 2.03 bits per heavy atom. The van der Waals surface area contributed by atoms with Crippen molar-refractivity contribution < 1.29 is 11.9 Å². The van der Waals surface area contributed by atoms with Crippen LogP contribution in [-0.2, 0) is 24.2 Å². The highest BCUT2D eigenvalue weighted by molar-refractivity contribution is 6.33. The van der Waals surface area contributed by atoms with E-state index in [0.717, 1.165) is 19.3 Å². The summed E-state index contributed by atoms with van der Waals surface area (Å²) < 4.78 is 36.6. The van der Waals surface area contributed by atoms with Crippen LogP contribution in [0.2, 0.25) is 5.02 Å². The van der Waals surface area contributed by atoms with Gasteiger partial charge in [0.2, 0.25) is 0 Å². The molecule has 5 rings (SSSR count). The highest BCUT2D eigenvalue weighted by Gasteiger charge is 2.22. The summed E-state index contributed by atoms with van der Waals surface area (Å²) in [5.41, 5.74) is 4.64. The fourth-order valence-corrected chi connectivity index (χ4v) is 4.71. The number of hydrogen-bond donors (Lipinski definition) is 1. The fraction of sp³-hybridized carbons (Fsp3) is 0.385. The summed E-state index contributed by atoms with van der Waals surface area (Å²) in [4.78, 5) is 1.99. The summed E-state index contributed by atoms with van der Waals surface area (Å²) in [6.45, 7) is 1.84. The first-order valence-corrected chi connectivity index (χ1v) is 11.7. The van der Waals surface area contributed by atoms with E-state index in [0.29, 0.717) is 54.9 Å². The summed E-state index contributed by atoms with van der Waals surface area (Å²) >= 11 is 6.18. The second-order valence-corrected chi connectivity index (χ2v) is 8.93. The van der Waals surface area contributed by atoms with Gasteiger partial charge in [-0.25, -0.2) is 4.39 Å². The standard InChI is InChI=1S/C26H28ClFN4O/c27-24-5-4-21(28)14-23(24)25-6-7-26(31-30-25)29-15-19-2-1-3-20-17-32(11-8-22(19)20)16-18-9-12-33-13-10-18/h1-7,14,18H,8-13,15-17H2,(H,29,31)/i16D2. The molecule has 1 aromatic heterocycles. The molecule has 3 aromatic rings. The Labute approximate surface area is 201 Å². The van der Waals surface area contributed by atoms with Gasteiger partial charge in [-0.05, 0) is 72.2 Å². The van der Waals surface area contributed by atoms with Crippen molar-refractivity contribution in [1.82, 2.24) is 15.1 Å². The zero-order valence-corrected chi connectivity index (χ0v) is 19.1. The van der Waals surface area contributed by atoms with Crippen LogP contribution in [0.1, 0.15) is 32.3 Å². The molecule has 1 fully saturated rings. The van der Waals surface area contributed by atoms with E-state index in [-0.39, 0.29) is 11.7 Å². The SMILES string of the molecule is [2H]C([2H])(C1CCOCC1)N1CCc2c(CNc3ccc(-c4cc(F)ccc4Cl)nn3)cccc2C1. The van der Waals surface area contributed by atoms with Crippen LogP contribution < -0.4 is 5.32 Å². The van der Waals surface area contributed by atoms with Gasteiger partial charge < -0.3 is 10.1 Å². The van der Waals surface area contributed by atoms with Crippen LogP contribution in [0.4, 0.5) is 10.2 Å². The van der Waals surface area contributed by atoms with E-state index in [1.807, 2.05) is 17.0 Å². The van der Waals surface area contributed by atoms with Gasteiger partial charge in [0.05, 0.1) is 10.7 Å². The Kier molecular flexibility index (Phi) is 6.12. The van der Waals surface area contributed by atoms with Crippen LogP contribution in [0.15, 0.2) is 48.5 Å². The Bertz CT molecular complexity index is 1190. The van der Waals surface area contributed by atoms with Crippen LogP contribution in [0.5, 0.6) is 0 Å². The molecule has 0 radical (unpaired) electrons. The number of aromatic nitrogens is 2. The Morgan fingerprint density at radius 3 is 2.85 bits per heavy atom. The number of anilines is 1. The van der Waals surface area contributed by atoms with Gasteiger partial charge in [0.25, 0.3) is 0 Å². The van der Waals surface area contributed by atoms with E-state index in [9.17, 15) is 4.39 Å². The van der Waals surface area contributed by atoms with Crippen molar-refractivity contribution in [3.8, 4) is 11.3 Å². The number of fused-ring (bicyclic) bond motifs is 1. The number of ether oxygens (including phenoxy) is 1. The van der Waals surface area contributed by atoms with Gasteiger partial charge in [0.15, 0.2) is 0 Å². The van der Waals surface area contributed by atoms with Gasteiger partial charge in [-0.2, -0.15) is 0 Å². The van der Waals surface area contributed by atoms with Gasteiger partial charge in [-0.15, -0.1) is 10.2 Å². The molecule has 3 heterocycles. The summed E-state index contributed by atoms with van der Waals surface area (Å²) in [5.74, 6) is 0.250. The Balaban J connectivity index is 1.26. The molecule has 0 atom stereocenters. The van der Waals surface area contributed by atoms with Crippen molar-refractivity contribution >= 4 is 17.4 Å². The van der Waals surface area contributed by atoms with Crippen LogP contribution in [0, 0.1) is 11.7 Å². The van der Waals surface area contributed by atoms with Crippen molar-refractivity contribution in [2.75, 3.05) is 31.6 Å². The lowest BCUT2D eigenvalue weighted by atomic mass is 9.92. The molecule has 0 spiro atoms. The first-order chi connectivity index (χ1) is 16.9. The highest BCUT2D eigenvalue weighted by Crippen LogP contribution is 2.28. The van der Waals surface area contributed by atoms with Crippen molar-refractivity contribution in [3.05, 3.63) is 76.1 Å². The number of nitrogens with one attached hydrogen (secondary N) is 1. The first kappa shape index (κ1) is 19.9. The molecule has 2 aliphatic rings. The van der Waals surface area contributed by atoms with Crippen LogP contribution in [-0.4, -0.2) is 41.4 Å². The molecule has 172 valence electrons. The third kappa shape index (κ3) is 5.35. The second-order valence-electron chi connectivity index (χ2n) is 8.52. The molecule has 0 bridgehead atoms. The molecule has 0 unspecified atom stereocenters. The number of nitrogens with zero attached hydrogens (tertiary/aromatic N) is 3. The quantitative estimate of drug-likeness (QED) is 0.529. The van der Waals surface area contributed by atoms with E-state index in [4.69, 9.17) is 19.1 Å². The molecule has 7 heteroatoms. The zero-order chi connectivity index (χ0) is 24.4. The number of halogens is 2. The Morgan fingerprint density at radius 1 is 1.15 bits per heavy atom. The van der Waals surface area contributed by atoms with Crippen LogP contribution in [0.25, 0.3) is 11.3 Å². The lowest BCUT2D eigenvalue weighted by molar-refractivity contribution is 0.0506. The van der Waals surface area contributed by atoms with Crippen LogP contribution >= 0.6 is 11.6 Å². The molecule has 1 saturated heterocycles. The third-order valence-corrected chi connectivity index (χ3v) is 6.61. The van der Waals surface area contributed by atoms with Crippen molar-refractivity contribution in [1.29, 1.82) is 0 Å².